The highest BCUT2D eigenvalue weighted by molar-refractivity contribution is 9.10. The third kappa shape index (κ3) is 2.20. The number of fused-ring (bicyclic) bond motifs is 2. The number of nitrogens with zero attached hydrogens (tertiary/aromatic N) is 1. The van der Waals surface area contributed by atoms with Gasteiger partial charge in [0, 0.05) is 29.7 Å². The maximum absolute atomic E-state index is 13.5. The van der Waals surface area contributed by atoms with Crippen LogP contribution in [0.4, 0.5) is 18.9 Å². The van der Waals surface area contributed by atoms with Gasteiger partial charge < -0.3 is 9.32 Å². The lowest BCUT2D eigenvalue weighted by Crippen LogP contribution is -2.34. The molecule has 122 valence electrons. The minimum Gasteiger partial charge on any atom is -0.422 e. The van der Waals surface area contributed by atoms with Crippen molar-refractivity contribution in [3.63, 3.8) is 0 Å². The zero-order chi connectivity index (χ0) is 16.4. The summed E-state index contributed by atoms with van der Waals surface area (Å²) < 4.78 is 45.2. The third-order valence-corrected chi connectivity index (χ3v) is 5.34. The van der Waals surface area contributed by atoms with E-state index in [1.165, 1.54) is 0 Å². The van der Waals surface area contributed by atoms with Crippen LogP contribution in [-0.4, -0.2) is 13.1 Å². The first kappa shape index (κ1) is 15.1. The molecule has 0 unspecified atom stereocenters. The third-order valence-electron chi connectivity index (χ3n) is 4.62. The van der Waals surface area contributed by atoms with Crippen LogP contribution in [0.25, 0.3) is 11.0 Å². The number of halogens is 4. The number of hydrogen-bond donors (Lipinski definition) is 0. The zero-order valence-corrected chi connectivity index (χ0v) is 13.7. The lowest BCUT2D eigenvalue weighted by Gasteiger charge is -2.37. The lowest BCUT2D eigenvalue weighted by atomic mass is 9.89. The van der Waals surface area contributed by atoms with Gasteiger partial charge in [-0.25, -0.2) is 4.79 Å². The number of rotatable bonds is 0. The Morgan fingerprint density at radius 2 is 1.87 bits per heavy atom. The van der Waals surface area contributed by atoms with Crippen LogP contribution >= 0.6 is 15.9 Å². The van der Waals surface area contributed by atoms with Gasteiger partial charge >= 0.3 is 11.8 Å². The van der Waals surface area contributed by atoms with Crippen LogP contribution in [0, 0.1) is 0 Å². The second-order valence-electron chi connectivity index (χ2n) is 6.01. The van der Waals surface area contributed by atoms with Crippen molar-refractivity contribution in [1.29, 1.82) is 0 Å². The van der Waals surface area contributed by atoms with Crippen molar-refractivity contribution in [2.24, 2.45) is 0 Å². The van der Waals surface area contributed by atoms with Gasteiger partial charge in [-0.1, -0.05) is 0 Å². The first-order valence-electron chi connectivity index (χ1n) is 7.51. The molecule has 0 bridgehead atoms. The van der Waals surface area contributed by atoms with Crippen molar-refractivity contribution in [1.82, 2.24) is 0 Å². The van der Waals surface area contributed by atoms with E-state index in [1.807, 2.05) is 0 Å². The van der Waals surface area contributed by atoms with E-state index >= 15 is 0 Å². The second kappa shape index (κ2) is 5.00. The fourth-order valence-corrected chi connectivity index (χ4v) is 4.29. The molecule has 0 spiro atoms. The van der Waals surface area contributed by atoms with Crippen LogP contribution in [-0.2, 0) is 19.0 Å². The van der Waals surface area contributed by atoms with Gasteiger partial charge in [0.25, 0.3) is 0 Å². The maximum atomic E-state index is 13.5. The normalized spacial score (nSPS) is 17.5. The summed E-state index contributed by atoms with van der Waals surface area (Å²) in [5, 5.41) is -0.0125. The number of hydrogen-bond acceptors (Lipinski definition) is 3. The van der Waals surface area contributed by atoms with E-state index in [9.17, 15) is 18.0 Å². The fraction of sp³-hybridized carbons (Fsp3) is 0.438. The summed E-state index contributed by atoms with van der Waals surface area (Å²) in [5.41, 5.74) is 0.840. The predicted molar refractivity (Wildman–Crippen MR) is 84.0 cm³/mol. The molecule has 4 rings (SSSR count). The molecule has 2 aromatic rings. The average Bonchev–Trinajstić information content (AvgIpc) is 2.48. The fourth-order valence-electron chi connectivity index (χ4n) is 3.77. The minimum atomic E-state index is -4.61. The summed E-state index contributed by atoms with van der Waals surface area (Å²) in [7, 11) is 0. The highest BCUT2D eigenvalue weighted by atomic mass is 79.9. The summed E-state index contributed by atoms with van der Waals surface area (Å²) in [6, 6.07) is 1.56. The van der Waals surface area contributed by atoms with Crippen LogP contribution in [0.1, 0.15) is 29.5 Å². The van der Waals surface area contributed by atoms with Crippen LogP contribution in [0.15, 0.2) is 19.8 Å². The molecule has 1 aromatic carbocycles. The van der Waals surface area contributed by atoms with Crippen molar-refractivity contribution in [3.8, 4) is 0 Å². The van der Waals surface area contributed by atoms with Crippen molar-refractivity contribution < 1.29 is 17.6 Å². The van der Waals surface area contributed by atoms with Crippen molar-refractivity contribution in [2.75, 3.05) is 18.0 Å². The summed E-state index contributed by atoms with van der Waals surface area (Å²) >= 11 is 2.77. The molecule has 23 heavy (non-hydrogen) atoms. The summed E-state index contributed by atoms with van der Waals surface area (Å²) in [6.45, 7) is 1.80. The van der Waals surface area contributed by atoms with Gasteiger partial charge in [0.15, 0.2) is 0 Å². The van der Waals surface area contributed by atoms with Crippen molar-refractivity contribution in [3.05, 3.63) is 37.6 Å². The Morgan fingerprint density at radius 3 is 2.57 bits per heavy atom. The van der Waals surface area contributed by atoms with Gasteiger partial charge in [0.05, 0.1) is 5.56 Å². The summed E-state index contributed by atoms with van der Waals surface area (Å²) in [4.78, 5) is 14.1. The molecule has 0 fully saturated rings. The van der Waals surface area contributed by atoms with Gasteiger partial charge in [0.2, 0.25) is 0 Å². The van der Waals surface area contributed by atoms with Crippen LogP contribution in [0.5, 0.6) is 0 Å². The average molecular weight is 388 g/mol. The minimum absolute atomic E-state index is 0.0125. The van der Waals surface area contributed by atoms with Crippen LogP contribution in [0.3, 0.4) is 0 Å². The Hall–Kier alpha value is -1.50. The van der Waals surface area contributed by atoms with E-state index in [2.05, 4.69) is 20.8 Å². The molecular weight excluding hydrogens is 375 g/mol. The van der Waals surface area contributed by atoms with Crippen LogP contribution < -0.4 is 10.5 Å². The van der Waals surface area contributed by atoms with E-state index in [0.29, 0.717) is 6.42 Å². The van der Waals surface area contributed by atoms with Gasteiger partial charge in [-0.3, -0.25) is 0 Å². The molecule has 7 heteroatoms. The highest BCUT2D eigenvalue weighted by Crippen LogP contribution is 2.44. The number of anilines is 1. The number of benzene rings is 1. The SMILES string of the molecule is O=c1oc2c3c4c(cc2c(C(F)(F)F)c1Br)CCCN4CCC3. The van der Waals surface area contributed by atoms with Gasteiger partial charge in [0.1, 0.15) is 10.1 Å². The molecule has 0 saturated heterocycles. The van der Waals surface area contributed by atoms with Crippen molar-refractivity contribution >= 4 is 32.6 Å². The Balaban J connectivity index is 2.17. The molecule has 2 aliphatic heterocycles. The highest BCUT2D eigenvalue weighted by Gasteiger charge is 2.39. The Bertz CT molecular complexity index is 870. The molecule has 0 amide bonds. The molecule has 3 nitrogen and oxygen atoms in total. The Kier molecular flexibility index (Phi) is 3.27. The van der Waals surface area contributed by atoms with Crippen molar-refractivity contribution in [2.45, 2.75) is 31.9 Å². The Morgan fingerprint density at radius 1 is 1.17 bits per heavy atom. The summed E-state index contributed by atoms with van der Waals surface area (Å²) in [6.07, 6.45) is -1.44. The summed E-state index contributed by atoms with van der Waals surface area (Å²) in [5.74, 6) is 0. The second-order valence-corrected chi connectivity index (χ2v) is 6.80. The van der Waals surface area contributed by atoms with E-state index in [-0.39, 0.29) is 11.0 Å². The van der Waals surface area contributed by atoms with Gasteiger partial charge in [-0.05, 0) is 53.2 Å². The molecule has 0 aliphatic carbocycles. The molecule has 3 heterocycles. The standard InChI is InChI=1S/C16H13BrF3NO2/c17-12-11(16(18,19)20)10-7-8-3-1-5-21-6-2-4-9(13(8)21)14(10)23-15(12)22/h7H,1-6H2. The molecule has 0 N–H and O–H groups in total. The predicted octanol–water partition coefficient (Wildman–Crippen LogP) is 4.27. The quantitative estimate of drug-likeness (QED) is 0.632. The van der Waals surface area contributed by atoms with E-state index in [4.69, 9.17) is 4.42 Å². The van der Waals surface area contributed by atoms with E-state index < -0.39 is 21.8 Å². The molecular formula is C16H13BrF3NO2. The van der Waals surface area contributed by atoms with Gasteiger partial charge in [-0.15, -0.1) is 0 Å². The zero-order valence-electron chi connectivity index (χ0n) is 12.1. The largest absolute Gasteiger partial charge is 0.422 e. The Labute approximate surface area is 138 Å². The number of aryl methyl sites for hydroxylation is 2. The van der Waals surface area contributed by atoms with Crippen LogP contribution in [0.2, 0.25) is 0 Å². The van der Waals surface area contributed by atoms with E-state index in [0.717, 1.165) is 49.2 Å². The smallest absolute Gasteiger partial charge is 0.418 e. The lowest BCUT2D eigenvalue weighted by molar-refractivity contribution is -0.137. The monoisotopic (exact) mass is 387 g/mol. The maximum Gasteiger partial charge on any atom is 0.418 e. The van der Waals surface area contributed by atoms with E-state index in [1.54, 1.807) is 6.07 Å². The topological polar surface area (TPSA) is 33.5 Å². The molecule has 0 atom stereocenters. The number of alkyl halides is 3. The molecule has 2 aliphatic rings. The molecule has 0 radical (unpaired) electrons. The van der Waals surface area contributed by atoms with Gasteiger partial charge in [-0.2, -0.15) is 13.2 Å². The first-order valence-corrected chi connectivity index (χ1v) is 8.30. The molecule has 1 aromatic heterocycles. The first-order chi connectivity index (χ1) is 10.9. The molecule has 0 saturated carbocycles.